The molecule has 18 heavy (non-hydrogen) atoms. The maximum Gasteiger partial charge on any atom is 0.132 e. The van der Waals surface area contributed by atoms with Gasteiger partial charge in [-0.3, -0.25) is 0 Å². The van der Waals surface area contributed by atoms with Crippen molar-refractivity contribution in [3.63, 3.8) is 0 Å². The Balaban J connectivity index is 2.19. The highest BCUT2D eigenvalue weighted by atomic mass is 16.3. The van der Waals surface area contributed by atoms with E-state index < -0.39 is 0 Å². The molecule has 1 aliphatic rings. The van der Waals surface area contributed by atoms with Crippen molar-refractivity contribution in [2.45, 2.75) is 6.92 Å². The van der Waals surface area contributed by atoms with Crippen molar-refractivity contribution in [1.82, 2.24) is 4.90 Å². The summed E-state index contributed by atoms with van der Waals surface area (Å²) in [7, 11) is 0. The minimum atomic E-state index is 0.360. The monoisotopic (exact) mass is 244 g/mol. The van der Waals surface area contributed by atoms with Gasteiger partial charge < -0.3 is 9.80 Å². The fourth-order valence-corrected chi connectivity index (χ4v) is 2.24. The van der Waals surface area contributed by atoms with Crippen LogP contribution in [-0.2, 0) is 0 Å². The highest BCUT2D eigenvalue weighted by molar-refractivity contribution is 5.69. The molecule has 1 heterocycles. The Labute approximate surface area is 107 Å². The van der Waals surface area contributed by atoms with Crippen LogP contribution in [0.15, 0.2) is 23.4 Å². The van der Waals surface area contributed by atoms with E-state index in [1.807, 2.05) is 12.1 Å². The molecule has 5 nitrogen and oxygen atoms in total. The molecule has 1 aliphatic heterocycles. The van der Waals surface area contributed by atoms with Crippen molar-refractivity contribution in [2.24, 2.45) is 5.18 Å². The van der Waals surface area contributed by atoms with E-state index in [1.54, 1.807) is 12.1 Å². The van der Waals surface area contributed by atoms with Crippen LogP contribution in [0.4, 0.5) is 11.4 Å². The number of nitrogens with zero attached hydrogens (tertiary/aromatic N) is 4. The standard InChI is InChI=1S/C13H16N4O/c1-2-16-5-7-17(8-6-16)13-4-3-11(10-14)9-12(13)15-18/h3-4,9H,2,5-8H2,1H3. The van der Waals surface area contributed by atoms with E-state index >= 15 is 0 Å². The van der Waals surface area contributed by atoms with E-state index in [2.05, 4.69) is 21.9 Å². The molecule has 0 N–H and O–H groups in total. The summed E-state index contributed by atoms with van der Waals surface area (Å²) >= 11 is 0. The van der Waals surface area contributed by atoms with Crippen LogP contribution >= 0.6 is 0 Å². The molecular weight excluding hydrogens is 228 g/mol. The number of hydrogen-bond donors (Lipinski definition) is 0. The molecule has 1 aromatic rings. The SMILES string of the molecule is CCN1CCN(c2ccc(C#N)cc2N=O)CC1. The summed E-state index contributed by atoms with van der Waals surface area (Å²) in [5, 5.41) is 11.8. The first-order chi connectivity index (χ1) is 8.78. The van der Waals surface area contributed by atoms with Crippen LogP contribution in [0.1, 0.15) is 12.5 Å². The Kier molecular flexibility index (Phi) is 3.90. The van der Waals surface area contributed by atoms with Gasteiger partial charge in [0.15, 0.2) is 0 Å². The van der Waals surface area contributed by atoms with E-state index in [4.69, 9.17) is 5.26 Å². The summed E-state index contributed by atoms with van der Waals surface area (Å²) < 4.78 is 0. The van der Waals surface area contributed by atoms with Gasteiger partial charge in [0, 0.05) is 26.2 Å². The third kappa shape index (κ3) is 2.49. The molecule has 2 rings (SSSR count). The molecule has 1 aromatic carbocycles. The molecule has 94 valence electrons. The Bertz CT molecular complexity index is 472. The molecular formula is C13H16N4O. The van der Waals surface area contributed by atoms with Crippen molar-refractivity contribution in [1.29, 1.82) is 5.26 Å². The van der Waals surface area contributed by atoms with Gasteiger partial charge in [0.05, 0.1) is 17.3 Å². The second-order valence-corrected chi connectivity index (χ2v) is 4.33. The normalized spacial score (nSPS) is 16.3. The smallest absolute Gasteiger partial charge is 0.132 e. The highest BCUT2D eigenvalue weighted by Crippen LogP contribution is 2.30. The van der Waals surface area contributed by atoms with Crippen LogP contribution in [0.5, 0.6) is 0 Å². The van der Waals surface area contributed by atoms with E-state index in [0.717, 1.165) is 38.4 Å². The topological polar surface area (TPSA) is 59.7 Å². The number of piperazine rings is 1. The summed E-state index contributed by atoms with van der Waals surface area (Å²) in [5.74, 6) is 0. The van der Waals surface area contributed by atoms with Gasteiger partial charge in [0.1, 0.15) is 5.69 Å². The molecule has 0 atom stereocenters. The van der Waals surface area contributed by atoms with E-state index in [0.29, 0.717) is 11.3 Å². The summed E-state index contributed by atoms with van der Waals surface area (Å²) in [6, 6.07) is 7.12. The van der Waals surface area contributed by atoms with Gasteiger partial charge in [-0.05, 0) is 29.9 Å². The zero-order valence-electron chi connectivity index (χ0n) is 10.5. The van der Waals surface area contributed by atoms with Gasteiger partial charge in [-0.2, -0.15) is 5.26 Å². The third-order valence-corrected chi connectivity index (χ3v) is 3.36. The van der Waals surface area contributed by atoms with Crippen molar-refractivity contribution >= 4 is 11.4 Å². The molecule has 0 spiro atoms. The van der Waals surface area contributed by atoms with Crippen molar-refractivity contribution in [3.05, 3.63) is 28.7 Å². The van der Waals surface area contributed by atoms with Gasteiger partial charge in [-0.1, -0.05) is 6.92 Å². The molecule has 0 radical (unpaired) electrons. The lowest BCUT2D eigenvalue weighted by molar-refractivity contribution is 0.271. The Hall–Kier alpha value is -1.93. The molecule has 0 unspecified atom stereocenters. The molecule has 0 aliphatic carbocycles. The largest absolute Gasteiger partial charge is 0.367 e. The lowest BCUT2D eigenvalue weighted by Gasteiger charge is -2.35. The fourth-order valence-electron chi connectivity index (χ4n) is 2.24. The molecule has 1 saturated heterocycles. The Morgan fingerprint density at radius 1 is 1.33 bits per heavy atom. The fraction of sp³-hybridized carbons (Fsp3) is 0.462. The van der Waals surface area contributed by atoms with Gasteiger partial charge >= 0.3 is 0 Å². The maximum atomic E-state index is 10.9. The number of nitriles is 1. The quantitative estimate of drug-likeness (QED) is 0.764. The lowest BCUT2D eigenvalue weighted by Crippen LogP contribution is -2.46. The van der Waals surface area contributed by atoms with Gasteiger partial charge in [-0.15, -0.1) is 4.91 Å². The third-order valence-electron chi connectivity index (χ3n) is 3.36. The second-order valence-electron chi connectivity index (χ2n) is 4.33. The van der Waals surface area contributed by atoms with Crippen molar-refractivity contribution < 1.29 is 0 Å². The summed E-state index contributed by atoms with van der Waals surface area (Å²) in [5.41, 5.74) is 1.67. The number of nitroso groups, excluding NO2 is 1. The van der Waals surface area contributed by atoms with Crippen molar-refractivity contribution in [2.75, 3.05) is 37.6 Å². The van der Waals surface area contributed by atoms with Crippen LogP contribution in [0.2, 0.25) is 0 Å². The molecule has 1 fully saturated rings. The first-order valence-electron chi connectivity index (χ1n) is 6.13. The van der Waals surface area contributed by atoms with Crippen LogP contribution < -0.4 is 4.90 Å². The number of benzene rings is 1. The molecule has 0 amide bonds. The molecule has 0 saturated carbocycles. The van der Waals surface area contributed by atoms with Crippen molar-refractivity contribution in [3.8, 4) is 6.07 Å². The Morgan fingerprint density at radius 3 is 2.61 bits per heavy atom. The van der Waals surface area contributed by atoms with Crippen LogP contribution in [0, 0.1) is 16.2 Å². The Morgan fingerprint density at radius 2 is 2.06 bits per heavy atom. The highest BCUT2D eigenvalue weighted by Gasteiger charge is 2.18. The number of hydrogen-bond acceptors (Lipinski definition) is 5. The average Bonchev–Trinajstić information content (AvgIpc) is 2.46. The molecule has 0 aromatic heterocycles. The predicted octanol–water partition coefficient (Wildman–Crippen LogP) is 2.10. The van der Waals surface area contributed by atoms with E-state index in [-0.39, 0.29) is 0 Å². The first-order valence-corrected chi connectivity index (χ1v) is 6.13. The van der Waals surface area contributed by atoms with E-state index in [1.165, 1.54) is 0 Å². The van der Waals surface area contributed by atoms with Crippen LogP contribution in [0.3, 0.4) is 0 Å². The minimum absolute atomic E-state index is 0.360. The minimum Gasteiger partial charge on any atom is -0.367 e. The molecule has 0 bridgehead atoms. The summed E-state index contributed by atoms with van der Waals surface area (Å²) in [4.78, 5) is 15.4. The van der Waals surface area contributed by atoms with Crippen LogP contribution in [-0.4, -0.2) is 37.6 Å². The average molecular weight is 244 g/mol. The number of likely N-dealkylation sites (N-methyl/N-ethyl adjacent to an activating group) is 1. The zero-order chi connectivity index (χ0) is 13.0. The lowest BCUT2D eigenvalue weighted by atomic mass is 10.1. The van der Waals surface area contributed by atoms with Gasteiger partial charge in [-0.25, -0.2) is 0 Å². The predicted molar refractivity (Wildman–Crippen MR) is 70.9 cm³/mol. The van der Waals surface area contributed by atoms with Gasteiger partial charge in [0.25, 0.3) is 0 Å². The number of anilines is 1. The molecule has 5 heteroatoms. The second kappa shape index (κ2) is 5.61. The first kappa shape index (κ1) is 12.5. The van der Waals surface area contributed by atoms with Gasteiger partial charge in [0.2, 0.25) is 0 Å². The summed E-state index contributed by atoms with van der Waals surface area (Å²) in [6.07, 6.45) is 0. The maximum absolute atomic E-state index is 10.9. The van der Waals surface area contributed by atoms with E-state index in [9.17, 15) is 4.91 Å². The number of rotatable bonds is 3. The summed E-state index contributed by atoms with van der Waals surface area (Å²) in [6.45, 7) is 6.98. The zero-order valence-corrected chi connectivity index (χ0v) is 10.5. The van der Waals surface area contributed by atoms with Crippen LogP contribution in [0.25, 0.3) is 0 Å².